The molecule has 0 radical (unpaired) electrons. The van der Waals surface area contributed by atoms with Gasteiger partial charge >= 0.3 is 0 Å². The van der Waals surface area contributed by atoms with Gasteiger partial charge in [-0.15, -0.1) is 10.2 Å². The first-order valence-corrected chi connectivity index (χ1v) is 7.63. The number of methoxy groups -OCH3 is 1. The van der Waals surface area contributed by atoms with Gasteiger partial charge in [0, 0.05) is 0 Å². The second-order valence-electron chi connectivity index (χ2n) is 3.95. The Hall–Kier alpha value is -1.18. The van der Waals surface area contributed by atoms with Crippen LogP contribution in [-0.2, 0) is 0 Å². The number of halogens is 2. The summed E-state index contributed by atoms with van der Waals surface area (Å²) in [6.07, 6.45) is 0. The van der Waals surface area contributed by atoms with Crippen molar-refractivity contribution in [1.82, 2.24) is 15.5 Å². The van der Waals surface area contributed by atoms with Crippen molar-refractivity contribution in [3.05, 3.63) is 37.7 Å². The molecular weight excluding hydrogens is 366 g/mol. The van der Waals surface area contributed by atoms with Crippen LogP contribution in [-0.4, -0.2) is 23.2 Å². The average Bonchev–Trinajstić information content (AvgIpc) is 2.85. The fourth-order valence-corrected chi connectivity index (χ4v) is 2.88. The van der Waals surface area contributed by atoms with Gasteiger partial charge in [-0.25, -0.2) is 0 Å². The lowest BCUT2D eigenvalue weighted by Gasteiger charge is -2.14. The molecule has 1 aromatic carbocycles. The van der Waals surface area contributed by atoms with E-state index in [1.807, 2.05) is 25.1 Å². The highest BCUT2D eigenvalue weighted by Crippen LogP contribution is 2.28. The number of nitrogens with one attached hydrogen (secondary N) is 1. The predicted molar refractivity (Wildman–Crippen MR) is 81.5 cm³/mol. The summed E-state index contributed by atoms with van der Waals surface area (Å²) in [6.45, 7) is 1.88. The molecule has 1 atom stereocenters. The molecule has 0 spiro atoms. The number of amides is 1. The Morgan fingerprint density at radius 2 is 2.25 bits per heavy atom. The van der Waals surface area contributed by atoms with Gasteiger partial charge in [0.2, 0.25) is 9.47 Å². The summed E-state index contributed by atoms with van der Waals surface area (Å²) in [7, 11) is 1.60. The van der Waals surface area contributed by atoms with Crippen LogP contribution in [0.15, 0.2) is 22.7 Å². The quantitative estimate of drug-likeness (QED) is 0.887. The molecule has 20 heavy (non-hydrogen) atoms. The molecular formula is C12H11BrClN3O2S. The van der Waals surface area contributed by atoms with Crippen molar-refractivity contribution < 1.29 is 9.53 Å². The topological polar surface area (TPSA) is 64.1 Å². The SMILES string of the molecule is COc1ccc(C(C)NC(=O)c2nnc(Cl)s2)cc1Br. The van der Waals surface area contributed by atoms with Crippen LogP contribution < -0.4 is 10.1 Å². The first kappa shape index (κ1) is 15.2. The minimum Gasteiger partial charge on any atom is -0.496 e. The van der Waals surface area contributed by atoms with E-state index in [2.05, 4.69) is 31.4 Å². The van der Waals surface area contributed by atoms with E-state index in [0.29, 0.717) is 0 Å². The Bertz CT molecular complexity index is 635. The Balaban J connectivity index is 2.10. The maximum Gasteiger partial charge on any atom is 0.282 e. The highest BCUT2D eigenvalue weighted by molar-refractivity contribution is 9.10. The highest BCUT2D eigenvalue weighted by atomic mass is 79.9. The van der Waals surface area contributed by atoms with Crippen molar-refractivity contribution in [2.45, 2.75) is 13.0 Å². The number of ether oxygens (including phenoxy) is 1. The van der Waals surface area contributed by atoms with Crippen molar-refractivity contribution in [2.75, 3.05) is 7.11 Å². The summed E-state index contributed by atoms with van der Waals surface area (Å²) >= 11 is 10.1. The summed E-state index contributed by atoms with van der Waals surface area (Å²) in [5.41, 5.74) is 0.946. The zero-order valence-electron chi connectivity index (χ0n) is 10.7. The van der Waals surface area contributed by atoms with E-state index < -0.39 is 0 Å². The fraction of sp³-hybridized carbons (Fsp3) is 0.250. The van der Waals surface area contributed by atoms with Crippen molar-refractivity contribution in [2.24, 2.45) is 0 Å². The van der Waals surface area contributed by atoms with Crippen molar-refractivity contribution in [3.8, 4) is 5.75 Å². The molecule has 0 aliphatic rings. The molecule has 1 aromatic heterocycles. The van der Waals surface area contributed by atoms with Crippen molar-refractivity contribution >= 4 is 44.8 Å². The number of hydrogen-bond donors (Lipinski definition) is 1. The standard InChI is InChI=1S/C12H11BrClN3O2S/c1-6(7-3-4-9(19-2)8(13)5-7)15-10(18)11-16-17-12(14)20-11/h3-6H,1-2H3,(H,15,18). The lowest BCUT2D eigenvalue weighted by molar-refractivity contribution is 0.0939. The number of benzene rings is 1. The molecule has 106 valence electrons. The Labute approximate surface area is 133 Å². The van der Waals surface area contributed by atoms with Gasteiger partial charge in [0.25, 0.3) is 5.91 Å². The monoisotopic (exact) mass is 375 g/mol. The lowest BCUT2D eigenvalue weighted by Crippen LogP contribution is -2.26. The largest absolute Gasteiger partial charge is 0.496 e. The highest BCUT2D eigenvalue weighted by Gasteiger charge is 2.16. The van der Waals surface area contributed by atoms with Gasteiger partial charge in [-0.2, -0.15) is 0 Å². The summed E-state index contributed by atoms with van der Waals surface area (Å²) < 4.78 is 6.24. The second kappa shape index (κ2) is 6.51. The van der Waals surface area contributed by atoms with Gasteiger partial charge < -0.3 is 10.1 Å². The molecule has 1 unspecified atom stereocenters. The average molecular weight is 377 g/mol. The van der Waals surface area contributed by atoms with Crippen LogP contribution in [0, 0.1) is 0 Å². The predicted octanol–water partition coefficient (Wildman–Crippen LogP) is 3.45. The van der Waals surface area contributed by atoms with Gasteiger partial charge in [-0.1, -0.05) is 17.4 Å². The summed E-state index contributed by atoms with van der Waals surface area (Å²) in [4.78, 5) is 12.0. The molecule has 1 heterocycles. The third-order valence-electron chi connectivity index (χ3n) is 2.62. The second-order valence-corrected chi connectivity index (χ2v) is 6.36. The summed E-state index contributed by atoms with van der Waals surface area (Å²) in [5, 5.41) is 10.4. The smallest absolute Gasteiger partial charge is 0.282 e. The molecule has 0 saturated carbocycles. The minimum atomic E-state index is -0.297. The third-order valence-corrected chi connectivity index (χ3v) is 4.26. The third kappa shape index (κ3) is 3.47. The lowest BCUT2D eigenvalue weighted by atomic mass is 10.1. The van der Waals surface area contributed by atoms with Crippen LogP contribution in [0.3, 0.4) is 0 Å². The first-order chi connectivity index (χ1) is 9.51. The zero-order chi connectivity index (χ0) is 14.7. The van der Waals surface area contributed by atoms with E-state index in [9.17, 15) is 4.79 Å². The van der Waals surface area contributed by atoms with E-state index >= 15 is 0 Å². The van der Waals surface area contributed by atoms with E-state index in [4.69, 9.17) is 16.3 Å². The maximum atomic E-state index is 12.0. The summed E-state index contributed by atoms with van der Waals surface area (Å²) in [5.74, 6) is 0.442. The number of nitrogens with zero attached hydrogens (tertiary/aromatic N) is 2. The molecule has 0 saturated heterocycles. The van der Waals surface area contributed by atoms with Gasteiger partial charge in [-0.05, 0) is 52.2 Å². The Morgan fingerprint density at radius 1 is 1.50 bits per heavy atom. The Morgan fingerprint density at radius 3 is 2.80 bits per heavy atom. The molecule has 8 heteroatoms. The molecule has 1 N–H and O–H groups in total. The van der Waals surface area contributed by atoms with E-state index in [-0.39, 0.29) is 21.4 Å². The van der Waals surface area contributed by atoms with Gasteiger partial charge in [0.15, 0.2) is 0 Å². The number of aromatic nitrogens is 2. The molecule has 0 bridgehead atoms. The van der Waals surface area contributed by atoms with E-state index in [1.54, 1.807) is 7.11 Å². The maximum absolute atomic E-state index is 12.0. The van der Waals surface area contributed by atoms with Gasteiger partial charge in [0.05, 0.1) is 17.6 Å². The number of rotatable bonds is 4. The fourth-order valence-electron chi connectivity index (χ4n) is 1.59. The molecule has 0 aliphatic carbocycles. The van der Waals surface area contributed by atoms with Crippen LogP contribution >= 0.6 is 38.9 Å². The van der Waals surface area contributed by atoms with E-state index in [1.165, 1.54) is 0 Å². The van der Waals surface area contributed by atoms with Crippen molar-refractivity contribution in [3.63, 3.8) is 0 Å². The molecule has 1 amide bonds. The first-order valence-electron chi connectivity index (χ1n) is 5.64. The molecule has 0 fully saturated rings. The summed E-state index contributed by atoms with van der Waals surface area (Å²) in [6, 6.07) is 5.45. The number of hydrogen-bond acceptors (Lipinski definition) is 5. The van der Waals surface area contributed by atoms with Crippen molar-refractivity contribution in [1.29, 1.82) is 0 Å². The normalized spacial score (nSPS) is 12.0. The van der Waals surface area contributed by atoms with Crippen LogP contribution in [0.2, 0.25) is 4.47 Å². The number of carbonyl (C=O) groups excluding carboxylic acids is 1. The molecule has 2 aromatic rings. The molecule has 5 nitrogen and oxygen atoms in total. The zero-order valence-corrected chi connectivity index (χ0v) is 13.8. The van der Waals surface area contributed by atoms with Gasteiger partial charge in [0.1, 0.15) is 5.75 Å². The van der Waals surface area contributed by atoms with Crippen LogP contribution in [0.5, 0.6) is 5.75 Å². The molecule has 2 rings (SSSR count). The van der Waals surface area contributed by atoms with E-state index in [0.717, 1.165) is 27.1 Å². The molecule has 0 aliphatic heterocycles. The van der Waals surface area contributed by atoms with Crippen LogP contribution in [0.4, 0.5) is 0 Å². The van der Waals surface area contributed by atoms with Crippen LogP contribution in [0.25, 0.3) is 0 Å². The minimum absolute atomic E-state index is 0.174. The number of carbonyl (C=O) groups is 1. The Kier molecular flexibility index (Phi) is 4.95. The van der Waals surface area contributed by atoms with Crippen LogP contribution in [0.1, 0.15) is 28.3 Å². The van der Waals surface area contributed by atoms with Gasteiger partial charge in [-0.3, -0.25) is 4.79 Å².